The predicted molar refractivity (Wildman–Crippen MR) is 330 cm³/mol. The number of fused-ring (bicyclic) bond motifs is 16. The molecule has 0 fully saturated rings. The van der Waals surface area contributed by atoms with E-state index in [9.17, 15) is 0 Å². The highest BCUT2D eigenvalue weighted by Crippen LogP contribution is 2.51. The molecule has 0 saturated heterocycles. The molecule has 17 rings (SSSR count). The Labute approximate surface area is 456 Å². The zero-order valence-corrected chi connectivity index (χ0v) is 42.8. The molecule has 0 aliphatic carbocycles. The van der Waals surface area contributed by atoms with E-state index in [0.717, 1.165) is 90.2 Å². The van der Waals surface area contributed by atoms with Crippen LogP contribution in [0.1, 0.15) is 0 Å². The molecular weight excluding hydrogens is 962 g/mol. The Morgan fingerprint density at radius 3 is 1.27 bits per heavy atom. The molecule has 0 N–H and O–H groups in total. The van der Waals surface area contributed by atoms with Crippen LogP contribution in [0.4, 0.5) is 34.1 Å². The van der Waals surface area contributed by atoms with Gasteiger partial charge in [0.15, 0.2) is 0 Å². The Morgan fingerprint density at radius 2 is 0.747 bits per heavy atom. The summed E-state index contributed by atoms with van der Waals surface area (Å²) in [4.78, 5) is 4.78. The van der Waals surface area contributed by atoms with Crippen LogP contribution in [0.2, 0.25) is 0 Å². The monoisotopic (exact) mass is 1010 g/mol. The molecule has 0 spiro atoms. The molecule has 0 saturated carbocycles. The highest BCUT2D eigenvalue weighted by atomic mass is 16.5. The minimum Gasteiger partial charge on any atom is -0.458 e. The lowest BCUT2D eigenvalue weighted by Crippen LogP contribution is -2.59. The van der Waals surface area contributed by atoms with Gasteiger partial charge in [-0.05, 0) is 126 Å². The van der Waals surface area contributed by atoms with E-state index in [1.807, 2.05) is 0 Å². The third-order valence-corrected chi connectivity index (χ3v) is 16.6. The Kier molecular flexibility index (Phi) is 9.41. The summed E-state index contributed by atoms with van der Waals surface area (Å²) in [6.07, 6.45) is 0. The average molecular weight is 1010 g/mol. The lowest BCUT2D eigenvalue weighted by Gasteiger charge is -2.40. The van der Waals surface area contributed by atoms with Gasteiger partial charge in [0, 0.05) is 89.6 Å². The maximum atomic E-state index is 7.31. The van der Waals surface area contributed by atoms with Crippen molar-refractivity contribution in [1.29, 1.82) is 0 Å². The molecule has 0 amide bonds. The lowest BCUT2D eigenvalue weighted by atomic mass is 9.34. The average Bonchev–Trinajstić information content (AvgIpc) is 2.80. The zero-order valence-electron chi connectivity index (χ0n) is 42.8. The second kappa shape index (κ2) is 17.0. The molecule has 2 aliphatic rings. The molecule has 5 heterocycles. The first kappa shape index (κ1) is 43.7. The number of ether oxygens (including phenoxy) is 1. The van der Waals surface area contributed by atoms with Gasteiger partial charge in [0.05, 0.1) is 33.1 Å². The van der Waals surface area contributed by atoms with E-state index < -0.39 is 0 Å². The molecule has 0 bridgehead atoms. The molecule has 79 heavy (non-hydrogen) atoms. The summed E-state index contributed by atoms with van der Waals surface area (Å²) in [5.74, 6) is 1.71. The molecular formula is C72H46BN5O. The smallest absolute Gasteiger partial charge is 0.256 e. The number of benzene rings is 12. The van der Waals surface area contributed by atoms with Gasteiger partial charge in [0.1, 0.15) is 11.5 Å². The van der Waals surface area contributed by atoms with Gasteiger partial charge >= 0.3 is 0 Å². The maximum absolute atomic E-state index is 7.31. The van der Waals surface area contributed by atoms with Gasteiger partial charge in [0.25, 0.3) is 6.71 Å². The summed E-state index contributed by atoms with van der Waals surface area (Å²) in [6, 6.07) is 101. The molecule has 3 aromatic heterocycles. The van der Waals surface area contributed by atoms with Gasteiger partial charge in [-0.25, -0.2) is 0 Å². The van der Waals surface area contributed by atoms with Gasteiger partial charge in [-0.2, -0.15) is 0 Å². The van der Waals surface area contributed by atoms with Crippen molar-refractivity contribution in [2.75, 3.05) is 9.80 Å². The first-order chi connectivity index (χ1) is 39.3. The fourth-order valence-corrected chi connectivity index (χ4v) is 13.5. The molecule has 6 nitrogen and oxygen atoms in total. The summed E-state index contributed by atoms with van der Waals surface area (Å²) in [5, 5.41) is 7.24. The number of nitrogens with zero attached hydrogens (tertiary/aromatic N) is 5. The third kappa shape index (κ3) is 6.30. The normalized spacial score (nSPS) is 12.6. The SMILES string of the molecule is c1ccc(N(c2ccccc2)c2ccc3c(c2)N(c2ccccc2)c2cccc4c2B3c2ccc(-n3c5ccccc5c5c6c(c7ccccc7n6-c6ccccc6)c6c(c7ccccc7n6-c6ccccc6)c53)cc2O4)cc1. The van der Waals surface area contributed by atoms with Gasteiger partial charge in [-0.1, -0.05) is 164 Å². The van der Waals surface area contributed by atoms with E-state index in [1.54, 1.807) is 0 Å². The topological polar surface area (TPSA) is 30.5 Å². The van der Waals surface area contributed by atoms with Crippen LogP contribution in [0.15, 0.2) is 279 Å². The Hall–Kier alpha value is -10.5. The Bertz CT molecular complexity index is 4820. The second-order valence-corrected chi connectivity index (χ2v) is 20.8. The summed E-state index contributed by atoms with van der Waals surface area (Å²) < 4.78 is 14.8. The van der Waals surface area contributed by atoms with Crippen LogP contribution in [0.5, 0.6) is 11.5 Å². The first-order valence-corrected chi connectivity index (χ1v) is 27.1. The molecule has 12 aromatic carbocycles. The van der Waals surface area contributed by atoms with Crippen LogP contribution < -0.4 is 30.9 Å². The van der Waals surface area contributed by atoms with Crippen molar-refractivity contribution in [3.63, 3.8) is 0 Å². The molecule has 0 atom stereocenters. The molecule has 15 aromatic rings. The summed E-state index contributed by atoms with van der Waals surface area (Å²) >= 11 is 0. The second-order valence-electron chi connectivity index (χ2n) is 20.8. The third-order valence-electron chi connectivity index (χ3n) is 16.6. The fourth-order valence-electron chi connectivity index (χ4n) is 13.5. The predicted octanol–water partition coefficient (Wildman–Crippen LogP) is 16.9. The van der Waals surface area contributed by atoms with Crippen molar-refractivity contribution in [3.8, 4) is 28.6 Å². The van der Waals surface area contributed by atoms with Gasteiger partial charge in [-0.15, -0.1) is 0 Å². The largest absolute Gasteiger partial charge is 0.458 e. The van der Waals surface area contributed by atoms with Crippen LogP contribution in [0.3, 0.4) is 0 Å². The van der Waals surface area contributed by atoms with E-state index in [-0.39, 0.29) is 6.71 Å². The maximum Gasteiger partial charge on any atom is 0.256 e. The van der Waals surface area contributed by atoms with Crippen LogP contribution in [0, 0.1) is 0 Å². The zero-order chi connectivity index (χ0) is 51.7. The van der Waals surface area contributed by atoms with Crippen molar-refractivity contribution in [2.24, 2.45) is 0 Å². The highest BCUT2D eigenvalue weighted by Gasteiger charge is 2.42. The number of rotatable bonds is 7. The van der Waals surface area contributed by atoms with E-state index >= 15 is 0 Å². The van der Waals surface area contributed by atoms with Crippen LogP contribution in [-0.4, -0.2) is 20.4 Å². The standard InChI is InChI=1S/C72H46BN5O/c1-6-23-47(24-7-1)74(48-25-8-2-9-26-48)52-41-43-57-63(45-52)75(49-27-10-3-11-28-49)62-39-22-40-64-69(62)73(57)58-44-42-53(46-65(58)79-64)78-61-38-21-18-35-56(61)68-71-66(54-33-16-19-36-59(54)76(71)50-29-12-4-13-30-50)70-67(72(68)78)55-34-17-20-37-60(55)77(70)51-31-14-5-15-32-51/h1-46H. The highest BCUT2D eigenvalue weighted by molar-refractivity contribution is 6.99. The van der Waals surface area contributed by atoms with Gasteiger partial charge < -0.3 is 28.2 Å². The molecule has 0 radical (unpaired) electrons. The van der Waals surface area contributed by atoms with Gasteiger partial charge in [-0.3, -0.25) is 0 Å². The Balaban J connectivity index is 0.951. The summed E-state index contributed by atoms with van der Waals surface area (Å²) in [6.45, 7) is -0.107. The number of para-hydroxylation sites is 8. The lowest BCUT2D eigenvalue weighted by molar-refractivity contribution is 0.487. The van der Waals surface area contributed by atoms with Crippen molar-refractivity contribution in [1.82, 2.24) is 13.7 Å². The first-order valence-electron chi connectivity index (χ1n) is 27.1. The molecule has 2 aliphatic heterocycles. The summed E-state index contributed by atoms with van der Waals surface area (Å²) in [5.41, 5.74) is 20.3. The van der Waals surface area contributed by atoms with E-state index in [0.29, 0.717) is 0 Å². The number of aromatic nitrogens is 3. The van der Waals surface area contributed by atoms with Gasteiger partial charge in [0.2, 0.25) is 0 Å². The van der Waals surface area contributed by atoms with Crippen molar-refractivity contribution >= 4 is 123 Å². The van der Waals surface area contributed by atoms with E-state index in [2.05, 4.69) is 303 Å². The summed E-state index contributed by atoms with van der Waals surface area (Å²) in [7, 11) is 0. The molecule has 7 heteroatoms. The van der Waals surface area contributed by atoms with Crippen LogP contribution >= 0.6 is 0 Å². The van der Waals surface area contributed by atoms with Crippen molar-refractivity contribution in [3.05, 3.63) is 279 Å². The number of hydrogen-bond acceptors (Lipinski definition) is 3. The van der Waals surface area contributed by atoms with Crippen molar-refractivity contribution in [2.45, 2.75) is 0 Å². The minimum absolute atomic E-state index is 0.107. The van der Waals surface area contributed by atoms with Crippen molar-refractivity contribution < 1.29 is 4.74 Å². The van der Waals surface area contributed by atoms with E-state index in [4.69, 9.17) is 4.74 Å². The van der Waals surface area contributed by atoms with Crippen LogP contribution in [-0.2, 0) is 0 Å². The van der Waals surface area contributed by atoms with E-state index in [1.165, 1.54) is 54.3 Å². The van der Waals surface area contributed by atoms with Crippen LogP contribution in [0.25, 0.3) is 82.5 Å². The minimum atomic E-state index is -0.107. The number of hydrogen-bond donors (Lipinski definition) is 0. The fraction of sp³-hybridized carbons (Fsp3) is 0. The molecule has 368 valence electrons. The number of anilines is 6. The Morgan fingerprint density at radius 1 is 0.304 bits per heavy atom. The molecule has 0 unspecified atom stereocenters. The quantitative estimate of drug-likeness (QED) is 0.149.